The molecular weight excluding hydrogens is 507 g/mol. The average molecular weight is 537 g/mol. The molecule has 0 radical (unpaired) electrons. The number of anilines is 1. The molecule has 39 heavy (non-hydrogen) atoms. The smallest absolute Gasteiger partial charge is 0.333 e. The van der Waals surface area contributed by atoms with Crippen LogP contribution in [0.3, 0.4) is 0 Å². The molecule has 1 aliphatic rings. The third kappa shape index (κ3) is 5.74. The van der Waals surface area contributed by atoms with Gasteiger partial charge < -0.3 is 20.7 Å². The van der Waals surface area contributed by atoms with Crippen LogP contribution in [-0.2, 0) is 20.9 Å². The Morgan fingerprint density at radius 2 is 1.90 bits per heavy atom. The summed E-state index contributed by atoms with van der Waals surface area (Å²) in [5.41, 5.74) is 8.57. The minimum absolute atomic E-state index is 0.0480. The molecule has 0 aliphatic carbocycles. The largest absolute Gasteiger partial charge is 0.478 e. The number of benzene rings is 2. The van der Waals surface area contributed by atoms with E-state index in [-0.39, 0.29) is 30.7 Å². The molecule has 0 bridgehead atoms. The van der Waals surface area contributed by atoms with Gasteiger partial charge in [0.05, 0.1) is 36.2 Å². The molecule has 10 nitrogen and oxygen atoms in total. The van der Waals surface area contributed by atoms with Gasteiger partial charge in [0.1, 0.15) is 5.82 Å². The lowest BCUT2D eigenvalue weighted by Crippen LogP contribution is -2.35. The number of carboxylic acids is 1. The summed E-state index contributed by atoms with van der Waals surface area (Å²) in [5, 5.41) is 24.8. The Bertz CT molecular complexity index is 1460. The van der Waals surface area contributed by atoms with Crippen molar-refractivity contribution in [1.82, 2.24) is 9.78 Å². The Hall–Kier alpha value is -4.35. The van der Waals surface area contributed by atoms with Crippen LogP contribution < -0.4 is 10.6 Å². The first kappa shape index (κ1) is 27.7. The van der Waals surface area contributed by atoms with E-state index in [0.717, 1.165) is 0 Å². The highest BCUT2D eigenvalue weighted by Crippen LogP contribution is 2.39. The number of methoxy groups -OCH3 is 1. The van der Waals surface area contributed by atoms with E-state index in [2.05, 4.69) is 5.10 Å². The van der Waals surface area contributed by atoms with Gasteiger partial charge in [-0.15, -0.1) is 0 Å². The molecule has 2 heterocycles. The molecule has 4 rings (SSSR count). The van der Waals surface area contributed by atoms with Crippen molar-refractivity contribution in [3.05, 3.63) is 82.4 Å². The standard InChI is InChI=1S/C28H29FN4O6/c1-15-8-25(32-13-23(28(37)38)21(11-26(32)35)17-4-6-18(29)7-5-17)22(10-20(15)27(30)36)24-9-16(2)33(31-24)12-19(34)14-39-3/h4-10,13,19,21,34H,11-12,14H2,1-3H3,(H2,30,36)(H,37,38)/t19-,21-/m0/s1. The number of aliphatic hydroxyl groups excluding tert-OH is 1. The summed E-state index contributed by atoms with van der Waals surface area (Å²) in [6.07, 6.45) is 0.279. The molecule has 0 saturated heterocycles. The minimum Gasteiger partial charge on any atom is -0.478 e. The second kappa shape index (κ2) is 11.2. The molecule has 2 aromatic carbocycles. The van der Waals surface area contributed by atoms with Gasteiger partial charge in [0.2, 0.25) is 11.8 Å². The van der Waals surface area contributed by atoms with Crippen molar-refractivity contribution in [2.45, 2.75) is 38.8 Å². The highest BCUT2D eigenvalue weighted by Gasteiger charge is 2.34. The Morgan fingerprint density at radius 1 is 1.21 bits per heavy atom. The molecule has 204 valence electrons. The van der Waals surface area contributed by atoms with Crippen molar-refractivity contribution in [1.29, 1.82) is 0 Å². The van der Waals surface area contributed by atoms with Gasteiger partial charge in [-0.1, -0.05) is 12.1 Å². The Kier molecular flexibility index (Phi) is 7.93. The van der Waals surface area contributed by atoms with Gasteiger partial charge in [-0.25, -0.2) is 9.18 Å². The van der Waals surface area contributed by atoms with Gasteiger partial charge in [0, 0.05) is 42.5 Å². The van der Waals surface area contributed by atoms with Crippen molar-refractivity contribution >= 4 is 23.5 Å². The molecule has 0 fully saturated rings. The van der Waals surface area contributed by atoms with Crippen LogP contribution in [-0.4, -0.2) is 57.6 Å². The maximum Gasteiger partial charge on any atom is 0.333 e. The number of carboxylic acid groups (broad SMARTS) is 1. The molecule has 0 saturated carbocycles. The van der Waals surface area contributed by atoms with Gasteiger partial charge >= 0.3 is 5.97 Å². The maximum atomic E-state index is 13.5. The molecule has 0 unspecified atom stereocenters. The summed E-state index contributed by atoms with van der Waals surface area (Å²) in [7, 11) is 1.48. The first-order chi connectivity index (χ1) is 18.5. The normalized spacial score (nSPS) is 16.2. The number of rotatable bonds is 9. The zero-order chi connectivity index (χ0) is 28.4. The molecule has 2 amide bonds. The molecule has 1 aliphatic heterocycles. The van der Waals surface area contributed by atoms with Crippen LogP contribution in [0.15, 0.2) is 54.2 Å². The van der Waals surface area contributed by atoms with Crippen LogP contribution in [0, 0.1) is 19.7 Å². The zero-order valence-corrected chi connectivity index (χ0v) is 21.7. The Labute approximate surface area is 224 Å². The number of aryl methyl sites for hydroxylation is 2. The lowest BCUT2D eigenvalue weighted by atomic mass is 9.85. The number of carbonyl (C=O) groups is 3. The Balaban J connectivity index is 1.85. The van der Waals surface area contributed by atoms with Crippen molar-refractivity contribution in [3.8, 4) is 11.3 Å². The number of hydrogen-bond donors (Lipinski definition) is 3. The average Bonchev–Trinajstić information content (AvgIpc) is 3.23. The second-order valence-electron chi connectivity index (χ2n) is 9.47. The fraction of sp³-hybridized carbons (Fsp3) is 0.286. The summed E-state index contributed by atoms with van der Waals surface area (Å²) < 4.78 is 20.0. The number of halogens is 1. The van der Waals surface area contributed by atoms with Crippen LogP contribution in [0.25, 0.3) is 11.3 Å². The molecule has 4 N–H and O–H groups in total. The third-order valence-electron chi connectivity index (χ3n) is 6.68. The van der Waals surface area contributed by atoms with E-state index < -0.39 is 35.6 Å². The van der Waals surface area contributed by atoms with E-state index in [1.165, 1.54) is 48.5 Å². The topological polar surface area (TPSA) is 148 Å². The zero-order valence-electron chi connectivity index (χ0n) is 21.7. The summed E-state index contributed by atoms with van der Waals surface area (Å²) >= 11 is 0. The van der Waals surface area contributed by atoms with Gasteiger partial charge in [-0.05, 0) is 55.3 Å². The van der Waals surface area contributed by atoms with Crippen LogP contribution in [0.1, 0.15) is 39.5 Å². The van der Waals surface area contributed by atoms with E-state index in [9.17, 15) is 29.0 Å². The number of hydrogen-bond acceptors (Lipinski definition) is 6. The highest BCUT2D eigenvalue weighted by molar-refractivity contribution is 6.06. The van der Waals surface area contributed by atoms with Crippen LogP contribution in [0.4, 0.5) is 10.1 Å². The molecule has 0 spiro atoms. The van der Waals surface area contributed by atoms with Gasteiger partial charge in [0.15, 0.2) is 0 Å². The highest BCUT2D eigenvalue weighted by atomic mass is 19.1. The number of amides is 2. The molecule has 2 atom stereocenters. The monoisotopic (exact) mass is 536 g/mol. The maximum absolute atomic E-state index is 13.5. The lowest BCUT2D eigenvalue weighted by Gasteiger charge is -2.31. The quantitative estimate of drug-likeness (QED) is 0.381. The van der Waals surface area contributed by atoms with Gasteiger partial charge in [-0.2, -0.15) is 5.10 Å². The fourth-order valence-corrected chi connectivity index (χ4v) is 4.72. The number of aromatic nitrogens is 2. The number of primary amides is 1. The number of aliphatic hydroxyl groups is 1. The predicted molar refractivity (Wildman–Crippen MR) is 141 cm³/mol. The predicted octanol–water partition coefficient (Wildman–Crippen LogP) is 2.90. The first-order valence-electron chi connectivity index (χ1n) is 12.2. The molecule has 1 aromatic heterocycles. The first-order valence-corrected chi connectivity index (χ1v) is 12.2. The van der Waals surface area contributed by atoms with E-state index in [0.29, 0.717) is 33.8 Å². The van der Waals surface area contributed by atoms with Crippen molar-refractivity contribution in [3.63, 3.8) is 0 Å². The molecule has 11 heteroatoms. The second-order valence-corrected chi connectivity index (χ2v) is 9.47. The summed E-state index contributed by atoms with van der Waals surface area (Å²) in [6, 6.07) is 10.2. The van der Waals surface area contributed by atoms with E-state index in [1.54, 1.807) is 30.7 Å². The number of nitrogens with two attached hydrogens (primary N) is 1. The summed E-state index contributed by atoms with van der Waals surface area (Å²) in [4.78, 5) is 39.1. The lowest BCUT2D eigenvalue weighted by molar-refractivity contribution is -0.133. The van der Waals surface area contributed by atoms with Crippen molar-refractivity contribution < 1.29 is 33.7 Å². The Morgan fingerprint density at radius 3 is 2.51 bits per heavy atom. The van der Waals surface area contributed by atoms with E-state index >= 15 is 0 Å². The number of ether oxygens (including phenoxy) is 1. The van der Waals surface area contributed by atoms with Gasteiger partial charge in [-0.3, -0.25) is 19.2 Å². The number of carbonyl (C=O) groups excluding carboxylic acids is 2. The minimum atomic E-state index is -1.22. The summed E-state index contributed by atoms with van der Waals surface area (Å²) in [5.74, 6) is -3.53. The van der Waals surface area contributed by atoms with Gasteiger partial charge in [0.25, 0.3) is 0 Å². The number of aliphatic carboxylic acids is 1. The number of nitrogens with zero attached hydrogens (tertiary/aromatic N) is 3. The van der Waals surface area contributed by atoms with E-state index in [4.69, 9.17) is 10.5 Å². The third-order valence-corrected chi connectivity index (χ3v) is 6.68. The SMILES string of the molecule is COC[C@@H](O)Cn1nc(-c2cc(C(N)=O)c(C)cc2N2C=C(C(=O)O)[C@H](c3ccc(F)cc3)CC2=O)cc1C. The summed E-state index contributed by atoms with van der Waals surface area (Å²) in [6.45, 7) is 3.71. The molecular formula is C28H29FN4O6. The fourth-order valence-electron chi connectivity index (χ4n) is 4.72. The van der Waals surface area contributed by atoms with Crippen LogP contribution in [0.2, 0.25) is 0 Å². The van der Waals surface area contributed by atoms with E-state index in [1.807, 2.05) is 0 Å². The van der Waals surface area contributed by atoms with Crippen LogP contribution in [0.5, 0.6) is 0 Å². The van der Waals surface area contributed by atoms with Crippen LogP contribution >= 0.6 is 0 Å². The van der Waals surface area contributed by atoms with Crippen molar-refractivity contribution in [2.75, 3.05) is 18.6 Å². The van der Waals surface area contributed by atoms with Crippen molar-refractivity contribution in [2.24, 2.45) is 5.73 Å². The molecule has 3 aromatic rings.